The van der Waals surface area contributed by atoms with Gasteiger partial charge >= 0.3 is 0 Å². The number of benzene rings is 2. The van der Waals surface area contributed by atoms with Crippen molar-refractivity contribution in [2.75, 3.05) is 31.1 Å². The molecular weight excluding hydrogens is 462 g/mol. The largest absolute Gasteiger partial charge is 0.371 e. The van der Waals surface area contributed by atoms with Crippen LogP contribution in [0.3, 0.4) is 0 Å². The van der Waals surface area contributed by atoms with E-state index in [1.54, 1.807) is 29.2 Å². The van der Waals surface area contributed by atoms with Crippen LogP contribution in [0.15, 0.2) is 42.5 Å². The van der Waals surface area contributed by atoms with Gasteiger partial charge in [0.05, 0.1) is 11.3 Å². The molecule has 5 rings (SSSR count). The van der Waals surface area contributed by atoms with Crippen molar-refractivity contribution >= 4 is 11.6 Å². The Labute approximate surface area is 208 Å². The number of rotatable bonds is 4. The first-order chi connectivity index (χ1) is 17.4. The average molecular weight is 491 g/mol. The smallest absolute Gasteiger partial charge is 0.274 e. The maximum Gasteiger partial charge on any atom is 0.274 e. The standard InChI is InChI=1S/C27H28F2N6O/c28-22-13-18(6-7-19(22)16-30)26-15-24(27(36)34-12-4-5-20(31)17-34)32-35(26)25-9-8-21(14-23(25)29)33-10-2-1-3-11-33/h6-9,13-15,20H,1-5,10-12,17,31H2/t20-/m1/s1. The number of anilines is 1. The molecule has 0 spiro atoms. The van der Waals surface area contributed by atoms with Crippen LogP contribution < -0.4 is 10.6 Å². The van der Waals surface area contributed by atoms with Crippen LogP contribution in [-0.2, 0) is 0 Å². The van der Waals surface area contributed by atoms with Crippen LogP contribution in [-0.4, -0.2) is 52.8 Å². The van der Waals surface area contributed by atoms with E-state index < -0.39 is 11.6 Å². The molecule has 36 heavy (non-hydrogen) atoms. The number of carbonyl (C=O) groups is 1. The quantitative estimate of drug-likeness (QED) is 0.591. The molecular formula is C27H28F2N6O. The van der Waals surface area contributed by atoms with Gasteiger partial charge in [-0.2, -0.15) is 10.4 Å². The van der Waals surface area contributed by atoms with Gasteiger partial charge in [0, 0.05) is 43.5 Å². The first-order valence-electron chi connectivity index (χ1n) is 12.3. The van der Waals surface area contributed by atoms with E-state index in [0.717, 1.165) is 44.5 Å². The number of hydrogen-bond acceptors (Lipinski definition) is 5. The maximum atomic E-state index is 15.5. The third-order valence-corrected chi connectivity index (χ3v) is 6.94. The van der Waals surface area contributed by atoms with E-state index in [1.165, 1.54) is 29.3 Å². The summed E-state index contributed by atoms with van der Waals surface area (Å²) < 4.78 is 31.3. The Balaban J connectivity index is 1.57. The Kier molecular flexibility index (Phi) is 6.70. The van der Waals surface area contributed by atoms with Crippen molar-refractivity contribution in [2.45, 2.75) is 38.1 Å². The number of nitrogens with zero attached hydrogens (tertiary/aromatic N) is 5. The highest BCUT2D eigenvalue weighted by Crippen LogP contribution is 2.30. The molecule has 1 aromatic heterocycles. The molecule has 3 heterocycles. The summed E-state index contributed by atoms with van der Waals surface area (Å²) in [5, 5.41) is 13.6. The third-order valence-electron chi connectivity index (χ3n) is 6.94. The van der Waals surface area contributed by atoms with Gasteiger partial charge in [0.15, 0.2) is 11.5 Å². The van der Waals surface area contributed by atoms with Gasteiger partial charge in [-0.3, -0.25) is 4.79 Å². The summed E-state index contributed by atoms with van der Waals surface area (Å²) in [6.45, 7) is 2.75. The lowest BCUT2D eigenvalue weighted by atomic mass is 10.1. The predicted molar refractivity (Wildman–Crippen MR) is 133 cm³/mol. The van der Waals surface area contributed by atoms with Gasteiger partial charge in [-0.1, -0.05) is 6.07 Å². The zero-order chi connectivity index (χ0) is 25.2. The van der Waals surface area contributed by atoms with Crippen molar-refractivity contribution in [3.05, 3.63) is 65.4 Å². The molecule has 3 aromatic rings. The number of hydrogen-bond donors (Lipinski definition) is 1. The third kappa shape index (κ3) is 4.69. The van der Waals surface area contributed by atoms with Gasteiger partial charge in [0.25, 0.3) is 5.91 Å². The summed E-state index contributed by atoms with van der Waals surface area (Å²) >= 11 is 0. The van der Waals surface area contributed by atoms with E-state index >= 15 is 4.39 Å². The molecule has 1 atom stereocenters. The normalized spacial score (nSPS) is 18.2. The number of aromatic nitrogens is 2. The molecule has 2 fully saturated rings. The van der Waals surface area contributed by atoms with Gasteiger partial charge in [0.2, 0.25) is 0 Å². The Morgan fingerprint density at radius 2 is 1.81 bits per heavy atom. The molecule has 0 radical (unpaired) electrons. The van der Waals surface area contributed by atoms with Crippen molar-refractivity contribution in [3.8, 4) is 23.0 Å². The van der Waals surface area contributed by atoms with E-state index in [9.17, 15) is 9.18 Å². The molecule has 0 bridgehead atoms. The Morgan fingerprint density at radius 1 is 1.00 bits per heavy atom. The summed E-state index contributed by atoms with van der Waals surface area (Å²) in [4.78, 5) is 17.1. The molecule has 2 aliphatic rings. The number of nitrogens with two attached hydrogens (primary N) is 1. The van der Waals surface area contributed by atoms with E-state index in [1.807, 2.05) is 6.07 Å². The van der Waals surface area contributed by atoms with E-state index in [4.69, 9.17) is 11.0 Å². The second kappa shape index (κ2) is 10.1. The van der Waals surface area contributed by atoms with Crippen molar-refractivity contribution in [1.82, 2.24) is 14.7 Å². The molecule has 0 aliphatic carbocycles. The van der Waals surface area contributed by atoms with Crippen molar-refractivity contribution in [3.63, 3.8) is 0 Å². The van der Waals surface area contributed by atoms with Crippen LogP contribution in [0.25, 0.3) is 16.9 Å². The first kappa shape index (κ1) is 23.9. The highest BCUT2D eigenvalue weighted by Gasteiger charge is 2.27. The van der Waals surface area contributed by atoms with Crippen LogP contribution >= 0.6 is 0 Å². The van der Waals surface area contributed by atoms with Crippen LogP contribution in [0.2, 0.25) is 0 Å². The number of carbonyl (C=O) groups excluding carboxylic acids is 1. The fourth-order valence-corrected chi connectivity index (χ4v) is 5.01. The number of piperidine rings is 2. The molecule has 1 amide bonds. The number of likely N-dealkylation sites (tertiary alicyclic amines) is 1. The van der Waals surface area contributed by atoms with E-state index in [2.05, 4.69) is 10.00 Å². The number of halogens is 2. The zero-order valence-corrected chi connectivity index (χ0v) is 20.0. The van der Waals surface area contributed by atoms with Crippen molar-refractivity contribution in [1.29, 1.82) is 5.26 Å². The van der Waals surface area contributed by atoms with Crippen LogP contribution in [0.5, 0.6) is 0 Å². The minimum absolute atomic E-state index is 0.0968. The predicted octanol–water partition coefficient (Wildman–Crippen LogP) is 4.24. The highest BCUT2D eigenvalue weighted by atomic mass is 19.1. The fraction of sp³-hybridized carbons (Fsp3) is 0.370. The van der Waals surface area contributed by atoms with Gasteiger partial charge < -0.3 is 15.5 Å². The lowest BCUT2D eigenvalue weighted by Crippen LogP contribution is -2.45. The molecule has 9 heteroatoms. The topological polar surface area (TPSA) is 91.2 Å². The van der Waals surface area contributed by atoms with Gasteiger partial charge in [0.1, 0.15) is 17.6 Å². The van der Waals surface area contributed by atoms with Crippen molar-refractivity contribution in [2.24, 2.45) is 5.73 Å². The second-order valence-corrected chi connectivity index (χ2v) is 9.47. The molecule has 7 nitrogen and oxygen atoms in total. The van der Waals surface area contributed by atoms with Gasteiger partial charge in [-0.05, 0) is 68.5 Å². The fourth-order valence-electron chi connectivity index (χ4n) is 5.01. The molecule has 2 saturated heterocycles. The zero-order valence-electron chi connectivity index (χ0n) is 20.0. The van der Waals surface area contributed by atoms with Gasteiger partial charge in [-0.15, -0.1) is 0 Å². The molecule has 2 N–H and O–H groups in total. The number of amides is 1. The maximum absolute atomic E-state index is 15.5. The minimum atomic E-state index is -0.696. The highest BCUT2D eigenvalue weighted by molar-refractivity contribution is 5.93. The molecule has 186 valence electrons. The van der Waals surface area contributed by atoms with E-state index in [0.29, 0.717) is 24.3 Å². The van der Waals surface area contributed by atoms with Gasteiger partial charge in [-0.25, -0.2) is 13.5 Å². The second-order valence-electron chi connectivity index (χ2n) is 9.47. The SMILES string of the molecule is N#Cc1ccc(-c2cc(C(=O)N3CCC[C@@H](N)C3)nn2-c2ccc(N3CCCCC3)cc2F)cc1F. The Hall–Kier alpha value is -3.77. The lowest BCUT2D eigenvalue weighted by Gasteiger charge is -2.30. The summed E-state index contributed by atoms with van der Waals surface area (Å²) in [5.41, 5.74) is 7.78. The lowest BCUT2D eigenvalue weighted by molar-refractivity contribution is 0.0702. The molecule has 0 saturated carbocycles. The van der Waals surface area contributed by atoms with Crippen LogP contribution in [0.1, 0.15) is 48.2 Å². The van der Waals surface area contributed by atoms with E-state index in [-0.39, 0.29) is 28.9 Å². The number of nitriles is 1. The van der Waals surface area contributed by atoms with Crippen molar-refractivity contribution < 1.29 is 13.6 Å². The summed E-state index contributed by atoms with van der Waals surface area (Å²) in [6.07, 6.45) is 4.97. The summed E-state index contributed by atoms with van der Waals surface area (Å²) in [5.74, 6) is -1.49. The van der Waals surface area contributed by atoms with Crippen LogP contribution in [0.4, 0.5) is 14.5 Å². The van der Waals surface area contributed by atoms with Crippen LogP contribution in [0, 0.1) is 23.0 Å². The summed E-state index contributed by atoms with van der Waals surface area (Å²) in [6, 6.07) is 12.4. The summed E-state index contributed by atoms with van der Waals surface area (Å²) in [7, 11) is 0. The average Bonchev–Trinajstić information content (AvgIpc) is 3.34. The monoisotopic (exact) mass is 490 g/mol. The molecule has 2 aliphatic heterocycles. The Morgan fingerprint density at radius 3 is 2.50 bits per heavy atom. The molecule has 0 unspecified atom stereocenters. The first-order valence-corrected chi connectivity index (χ1v) is 12.3. The Bertz CT molecular complexity index is 1320. The molecule has 2 aromatic carbocycles. The minimum Gasteiger partial charge on any atom is -0.371 e.